The fraction of sp³-hybridized carbons (Fsp3) is 0.392. The van der Waals surface area contributed by atoms with E-state index in [1.54, 1.807) is 61.2 Å². The van der Waals surface area contributed by atoms with E-state index in [-0.39, 0.29) is 36.1 Å². The summed E-state index contributed by atoms with van der Waals surface area (Å²) in [7, 11) is -0.904. The van der Waals surface area contributed by atoms with Gasteiger partial charge in [-0.15, -0.1) is 0 Å². The molecule has 3 aromatic carbocycles. The highest BCUT2D eigenvalue weighted by molar-refractivity contribution is 7.86. The number of nitrogens with zero attached hydrogens (tertiary/aromatic N) is 8. The number of ether oxygens (including phenoxy) is 1. The summed E-state index contributed by atoms with van der Waals surface area (Å²) in [5, 5.41) is 12.5. The second-order valence-electron chi connectivity index (χ2n) is 18.9. The Kier molecular flexibility index (Phi) is 13.6. The quantitative estimate of drug-likeness (QED) is 0.0863. The van der Waals surface area contributed by atoms with Crippen LogP contribution in [0.1, 0.15) is 96.7 Å². The van der Waals surface area contributed by atoms with Crippen LogP contribution in [0.3, 0.4) is 0 Å². The standard InChI is InChI=1S/C51H54F3N11O6S/c1-29(31-8-11-34(52)12-9-31)71-41-25-32(10-13-38(41)60-72(70)51(53)54)45-44-46(61(2)59-45)37(27-56-47(44)55)33-26-57-64(28-33)35-18-21-62(22-19-35)20-4-5-30-16-23-63(24-17-30)39-7-3-6-36-43(39)50(69)65(49(36)68)40-14-15-42(66)58-48(40)67/h3,6-13,25-30,35,40,51,60H,4-5,14-24H2,1-2H3,(H2,55,56)(H,58,66,67). The lowest BCUT2D eigenvalue weighted by Gasteiger charge is -2.35. The number of alkyl halides is 2. The lowest BCUT2D eigenvalue weighted by molar-refractivity contribution is -0.136. The van der Waals surface area contributed by atoms with Crippen molar-refractivity contribution in [3.05, 3.63) is 102 Å². The van der Waals surface area contributed by atoms with Crippen molar-refractivity contribution >= 4 is 62.7 Å². The Bertz CT molecular complexity index is 3090. The van der Waals surface area contributed by atoms with Crippen molar-refractivity contribution in [3.63, 3.8) is 0 Å². The number of aryl methyl sites for hydroxylation is 1. The first-order valence-corrected chi connectivity index (χ1v) is 25.4. The second kappa shape index (κ2) is 20.2. The highest BCUT2D eigenvalue weighted by Crippen LogP contribution is 2.41. The minimum Gasteiger partial charge on any atom is -0.484 e. The molecule has 3 saturated heterocycles. The first kappa shape index (κ1) is 48.5. The summed E-state index contributed by atoms with van der Waals surface area (Å²) < 4.78 is 65.0. The number of carbonyl (C=O) groups is 4. The Balaban J connectivity index is 0.750. The smallest absolute Gasteiger partial charge is 0.330 e. The predicted molar refractivity (Wildman–Crippen MR) is 265 cm³/mol. The number of hydrogen-bond acceptors (Lipinski definition) is 12. The maximum atomic E-state index is 13.7. The number of pyridine rings is 1. The number of nitrogens with one attached hydrogen (secondary N) is 2. The Morgan fingerprint density at radius 3 is 2.42 bits per heavy atom. The summed E-state index contributed by atoms with van der Waals surface area (Å²) >= 11 is 0. The molecule has 4 N–H and O–H groups in total. The molecule has 0 radical (unpaired) electrons. The Labute approximate surface area is 415 Å². The van der Waals surface area contributed by atoms with Crippen LogP contribution < -0.4 is 25.4 Å². The van der Waals surface area contributed by atoms with E-state index in [2.05, 4.69) is 24.8 Å². The van der Waals surface area contributed by atoms with Gasteiger partial charge in [-0.25, -0.2) is 13.6 Å². The van der Waals surface area contributed by atoms with Gasteiger partial charge in [0.05, 0.1) is 45.6 Å². The number of halogens is 3. The van der Waals surface area contributed by atoms with Crippen molar-refractivity contribution in [2.24, 2.45) is 13.0 Å². The topological polar surface area (TPSA) is 203 Å². The molecule has 72 heavy (non-hydrogen) atoms. The number of nitrogen functional groups attached to an aromatic ring is 1. The van der Waals surface area contributed by atoms with Crippen LogP contribution in [-0.2, 0) is 27.6 Å². The van der Waals surface area contributed by atoms with Crippen molar-refractivity contribution < 1.29 is 41.3 Å². The summed E-state index contributed by atoms with van der Waals surface area (Å²) in [4.78, 5) is 61.7. The van der Waals surface area contributed by atoms with Gasteiger partial charge in [-0.3, -0.25) is 43.5 Å². The molecule has 0 aliphatic carbocycles. The van der Waals surface area contributed by atoms with E-state index in [1.165, 1.54) is 18.2 Å². The Morgan fingerprint density at radius 2 is 1.68 bits per heavy atom. The Morgan fingerprint density at radius 1 is 0.917 bits per heavy atom. The molecular formula is C51H54F3N11O6S. The van der Waals surface area contributed by atoms with Crippen molar-refractivity contribution in [2.75, 3.05) is 48.1 Å². The van der Waals surface area contributed by atoms with Gasteiger partial charge in [0.1, 0.15) is 35.2 Å². The number of piperidine rings is 3. The molecule has 7 heterocycles. The maximum absolute atomic E-state index is 13.7. The SMILES string of the molecule is CC(Oc1cc(-c2nn(C)c3c(-c4cnn(C5CCN(CCCC6CCN(c7cccc8c7C(=O)N(C7CCC(=O)NC7=O)C8=O)CC6)CC5)c4)cnc(N)c23)ccc1NS(=O)C(F)F)c1ccc(F)cc1. The molecule has 4 aliphatic heterocycles. The van der Waals surface area contributed by atoms with Gasteiger partial charge in [0.15, 0.2) is 11.0 Å². The van der Waals surface area contributed by atoms with Crippen molar-refractivity contribution in [3.8, 4) is 28.1 Å². The van der Waals surface area contributed by atoms with E-state index in [9.17, 15) is 36.6 Å². The number of anilines is 3. The van der Waals surface area contributed by atoms with E-state index >= 15 is 0 Å². The fourth-order valence-electron chi connectivity index (χ4n) is 10.7. The number of likely N-dealkylation sites (tertiary alicyclic amines) is 1. The normalized spacial score (nSPS) is 19.1. The third kappa shape index (κ3) is 9.53. The third-order valence-corrected chi connectivity index (χ3v) is 15.2. The summed E-state index contributed by atoms with van der Waals surface area (Å²) in [6.45, 7) is 6.15. The van der Waals surface area contributed by atoms with Crippen LogP contribution >= 0.6 is 0 Å². The summed E-state index contributed by atoms with van der Waals surface area (Å²) in [5.41, 5.74) is 12.0. The molecule has 10 rings (SSSR count). The minimum atomic E-state index is -3.14. The average molecular weight is 1010 g/mol. The van der Waals surface area contributed by atoms with E-state index in [4.69, 9.17) is 20.7 Å². The third-order valence-electron chi connectivity index (χ3n) is 14.5. The number of benzene rings is 3. The van der Waals surface area contributed by atoms with Gasteiger partial charge in [-0.2, -0.15) is 19.0 Å². The number of nitrogens with two attached hydrogens (primary N) is 1. The monoisotopic (exact) mass is 1010 g/mol. The molecule has 0 spiro atoms. The second-order valence-corrected chi connectivity index (χ2v) is 20.1. The average Bonchev–Trinajstić information content (AvgIpc) is 4.08. The minimum absolute atomic E-state index is 0.0725. The lowest BCUT2D eigenvalue weighted by Crippen LogP contribution is -2.54. The summed E-state index contributed by atoms with van der Waals surface area (Å²) in [6, 6.07) is 15.0. The Hall–Kier alpha value is -7.13. The number of carbonyl (C=O) groups excluding carboxylic acids is 4. The van der Waals surface area contributed by atoms with Crippen LogP contribution in [0.25, 0.3) is 33.3 Å². The van der Waals surface area contributed by atoms with Gasteiger partial charge in [-0.1, -0.05) is 24.3 Å². The summed E-state index contributed by atoms with van der Waals surface area (Å²) in [5.74, 6) is -4.65. The van der Waals surface area contributed by atoms with Gasteiger partial charge < -0.3 is 20.3 Å². The van der Waals surface area contributed by atoms with Crippen LogP contribution in [0.15, 0.2) is 79.3 Å². The molecule has 3 unspecified atom stereocenters. The molecule has 4 aliphatic rings. The predicted octanol–water partition coefficient (Wildman–Crippen LogP) is 7.39. The van der Waals surface area contributed by atoms with Crippen LogP contribution in [0.5, 0.6) is 5.75 Å². The van der Waals surface area contributed by atoms with E-state index in [1.807, 2.05) is 23.1 Å². The molecule has 17 nitrogen and oxygen atoms in total. The molecule has 3 aromatic heterocycles. The number of rotatable bonds is 15. The first-order valence-electron chi connectivity index (χ1n) is 24.2. The zero-order valence-corrected chi connectivity index (χ0v) is 40.5. The fourth-order valence-corrected chi connectivity index (χ4v) is 11.1. The molecule has 21 heteroatoms. The maximum Gasteiger partial charge on any atom is 0.330 e. The highest BCUT2D eigenvalue weighted by atomic mass is 32.2. The first-order chi connectivity index (χ1) is 34.7. The summed E-state index contributed by atoms with van der Waals surface area (Å²) in [6.07, 6.45) is 11.1. The molecule has 0 bridgehead atoms. The number of amides is 4. The molecule has 4 amide bonds. The van der Waals surface area contributed by atoms with Gasteiger partial charge in [0.25, 0.3) is 11.8 Å². The molecule has 376 valence electrons. The number of aromatic nitrogens is 5. The van der Waals surface area contributed by atoms with E-state index in [0.29, 0.717) is 44.8 Å². The van der Waals surface area contributed by atoms with Gasteiger partial charge in [0.2, 0.25) is 11.8 Å². The van der Waals surface area contributed by atoms with Crippen LogP contribution in [-0.4, -0.2) is 107 Å². The van der Waals surface area contributed by atoms with Crippen molar-refractivity contribution in [1.82, 2.24) is 39.7 Å². The molecule has 6 aromatic rings. The number of hydrogen-bond donors (Lipinski definition) is 3. The van der Waals surface area contributed by atoms with E-state index < -0.39 is 58.3 Å². The van der Waals surface area contributed by atoms with Crippen LogP contribution in [0.2, 0.25) is 0 Å². The number of imide groups is 2. The largest absolute Gasteiger partial charge is 0.484 e. The van der Waals surface area contributed by atoms with Crippen LogP contribution in [0, 0.1) is 11.7 Å². The van der Waals surface area contributed by atoms with Crippen LogP contribution in [0.4, 0.5) is 30.4 Å². The number of fused-ring (bicyclic) bond motifs is 2. The molecule has 3 fully saturated rings. The zero-order chi connectivity index (χ0) is 50.4. The van der Waals surface area contributed by atoms with Gasteiger partial charge in [-0.05, 0) is 106 Å². The lowest BCUT2D eigenvalue weighted by atomic mass is 9.91. The van der Waals surface area contributed by atoms with Crippen molar-refractivity contribution in [2.45, 2.75) is 82.2 Å². The van der Waals surface area contributed by atoms with E-state index in [0.717, 1.165) is 93.0 Å². The van der Waals surface area contributed by atoms with Crippen molar-refractivity contribution in [1.29, 1.82) is 0 Å². The van der Waals surface area contributed by atoms with Gasteiger partial charge >= 0.3 is 5.76 Å². The zero-order valence-electron chi connectivity index (χ0n) is 39.7. The molecular weight excluding hydrogens is 952 g/mol. The highest BCUT2D eigenvalue weighted by Gasteiger charge is 2.46. The van der Waals surface area contributed by atoms with Gasteiger partial charge in [0, 0.05) is 68.7 Å². The molecule has 0 saturated carbocycles. The molecule has 3 atom stereocenters.